The van der Waals surface area contributed by atoms with Crippen LogP contribution in [0.1, 0.15) is 31.7 Å². The molecular weight excluding hydrogens is 372 g/mol. The fourth-order valence-corrected chi connectivity index (χ4v) is 3.03. The van der Waals surface area contributed by atoms with E-state index in [2.05, 4.69) is 37.8 Å². The predicted octanol–water partition coefficient (Wildman–Crippen LogP) is 7.07. The highest BCUT2D eigenvalue weighted by Gasteiger charge is 2.02. The van der Waals surface area contributed by atoms with E-state index in [1.807, 2.05) is 48.5 Å². The minimum Gasteiger partial charge on any atom is -0.494 e. The first kappa shape index (κ1) is 21.5. The molecule has 0 saturated carbocycles. The normalized spacial score (nSPS) is 10.4. The van der Waals surface area contributed by atoms with Crippen molar-refractivity contribution in [3.63, 3.8) is 0 Å². The Balaban J connectivity index is 1.50. The molecule has 156 valence electrons. The van der Waals surface area contributed by atoms with Crippen LogP contribution in [0.15, 0.2) is 85.5 Å². The summed E-state index contributed by atoms with van der Waals surface area (Å²) in [4.78, 5) is 0. The smallest absolute Gasteiger partial charge is 0.119 e. The zero-order chi connectivity index (χ0) is 21.0. The van der Waals surface area contributed by atoms with Crippen molar-refractivity contribution >= 4 is 0 Å². The van der Waals surface area contributed by atoms with E-state index in [0.717, 1.165) is 47.0 Å². The summed E-state index contributed by atoms with van der Waals surface area (Å²) in [6.07, 6.45) is 5.26. The highest BCUT2D eigenvalue weighted by Crippen LogP contribution is 2.25. The van der Waals surface area contributed by atoms with Crippen LogP contribution in [0.25, 0.3) is 11.1 Å². The molecule has 0 bridgehead atoms. The molecule has 0 aliphatic carbocycles. The quantitative estimate of drug-likeness (QED) is 0.240. The zero-order valence-corrected chi connectivity index (χ0v) is 17.7. The van der Waals surface area contributed by atoms with Crippen LogP contribution in [-0.4, -0.2) is 13.2 Å². The van der Waals surface area contributed by atoms with Crippen LogP contribution in [0.3, 0.4) is 0 Å². The Bertz CT molecular complexity index is 881. The van der Waals surface area contributed by atoms with Gasteiger partial charge in [0.1, 0.15) is 30.5 Å². The summed E-state index contributed by atoms with van der Waals surface area (Å²) in [6.45, 7) is 7.66. The van der Waals surface area contributed by atoms with Crippen molar-refractivity contribution in [3.8, 4) is 28.4 Å². The van der Waals surface area contributed by atoms with Crippen LogP contribution in [0.4, 0.5) is 0 Å². The standard InChI is InChI=1S/C27H30O3/c1-3-5-6-20-29-26-15-9-23(10-16-26)24-11-17-27(18-12-24)30-21-22-7-13-25(14-8-22)28-19-4-2/h4,7-18H,2-3,5-6,19-21H2,1H3. The van der Waals surface area contributed by atoms with Crippen LogP contribution in [-0.2, 0) is 6.61 Å². The largest absolute Gasteiger partial charge is 0.494 e. The first-order chi connectivity index (χ1) is 14.8. The van der Waals surface area contributed by atoms with Crippen molar-refractivity contribution < 1.29 is 14.2 Å². The molecule has 0 aromatic heterocycles. The van der Waals surface area contributed by atoms with E-state index < -0.39 is 0 Å². The van der Waals surface area contributed by atoms with Gasteiger partial charge in [0.05, 0.1) is 6.61 Å². The second kappa shape index (κ2) is 11.7. The van der Waals surface area contributed by atoms with Gasteiger partial charge in [-0.3, -0.25) is 0 Å². The van der Waals surface area contributed by atoms with Gasteiger partial charge in [-0.25, -0.2) is 0 Å². The van der Waals surface area contributed by atoms with Gasteiger partial charge in [0.25, 0.3) is 0 Å². The van der Waals surface area contributed by atoms with Crippen LogP contribution in [0, 0.1) is 0 Å². The first-order valence-electron chi connectivity index (χ1n) is 10.6. The highest BCUT2D eigenvalue weighted by atomic mass is 16.5. The van der Waals surface area contributed by atoms with E-state index in [1.165, 1.54) is 12.8 Å². The summed E-state index contributed by atoms with van der Waals surface area (Å²) < 4.78 is 17.2. The molecule has 3 rings (SSSR count). The van der Waals surface area contributed by atoms with E-state index in [-0.39, 0.29) is 0 Å². The number of rotatable bonds is 12. The van der Waals surface area contributed by atoms with Crippen molar-refractivity contribution in [1.29, 1.82) is 0 Å². The molecule has 0 N–H and O–H groups in total. The van der Waals surface area contributed by atoms with Crippen LogP contribution >= 0.6 is 0 Å². The molecule has 0 fully saturated rings. The Hall–Kier alpha value is -3.20. The molecule has 0 radical (unpaired) electrons. The number of ether oxygens (including phenoxy) is 3. The molecule has 0 atom stereocenters. The number of hydrogen-bond donors (Lipinski definition) is 0. The third-order valence-corrected chi connectivity index (χ3v) is 4.76. The Kier molecular flexibility index (Phi) is 8.40. The molecule has 3 heteroatoms. The summed E-state index contributed by atoms with van der Waals surface area (Å²) in [5, 5.41) is 0. The van der Waals surface area contributed by atoms with Gasteiger partial charge in [0.15, 0.2) is 0 Å². The maximum atomic E-state index is 5.91. The Morgan fingerprint density at radius 2 is 1.20 bits per heavy atom. The minimum atomic E-state index is 0.511. The Morgan fingerprint density at radius 3 is 1.77 bits per heavy atom. The van der Waals surface area contributed by atoms with Gasteiger partial charge in [0, 0.05) is 0 Å². The topological polar surface area (TPSA) is 27.7 Å². The molecule has 3 nitrogen and oxygen atoms in total. The van der Waals surface area contributed by atoms with Crippen molar-refractivity contribution in [2.45, 2.75) is 32.8 Å². The second-order valence-corrected chi connectivity index (χ2v) is 7.14. The molecular formula is C27H30O3. The van der Waals surface area contributed by atoms with E-state index in [4.69, 9.17) is 14.2 Å². The molecule has 0 saturated heterocycles. The van der Waals surface area contributed by atoms with Gasteiger partial charge in [-0.2, -0.15) is 0 Å². The highest BCUT2D eigenvalue weighted by molar-refractivity contribution is 5.64. The fraction of sp³-hybridized carbons (Fsp3) is 0.259. The Morgan fingerprint density at radius 1 is 0.667 bits per heavy atom. The van der Waals surface area contributed by atoms with Crippen molar-refractivity contribution in [2.24, 2.45) is 0 Å². The summed E-state index contributed by atoms with van der Waals surface area (Å²) >= 11 is 0. The molecule has 0 aliphatic heterocycles. The molecule has 0 spiro atoms. The van der Waals surface area contributed by atoms with Gasteiger partial charge >= 0.3 is 0 Å². The molecule has 0 amide bonds. The monoisotopic (exact) mass is 402 g/mol. The molecule has 0 heterocycles. The molecule has 0 unspecified atom stereocenters. The third-order valence-electron chi connectivity index (χ3n) is 4.76. The summed E-state index contributed by atoms with van der Waals surface area (Å²) in [5.74, 6) is 2.61. The average molecular weight is 403 g/mol. The fourth-order valence-electron chi connectivity index (χ4n) is 3.03. The summed E-state index contributed by atoms with van der Waals surface area (Å²) in [5.41, 5.74) is 3.42. The van der Waals surface area contributed by atoms with E-state index in [1.54, 1.807) is 6.08 Å². The average Bonchev–Trinajstić information content (AvgIpc) is 2.81. The number of benzene rings is 3. The maximum Gasteiger partial charge on any atom is 0.119 e. The number of hydrogen-bond acceptors (Lipinski definition) is 3. The van der Waals surface area contributed by atoms with Crippen molar-refractivity contribution in [2.75, 3.05) is 13.2 Å². The predicted molar refractivity (Wildman–Crippen MR) is 123 cm³/mol. The summed E-state index contributed by atoms with van der Waals surface area (Å²) in [7, 11) is 0. The van der Waals surface area contributed by atoms with E-state index >= 15 is 0 Å². The maximum absolute atomic E-state index is 5.91. The molecule has 30 heavy (non-hydrogen) atoms. The SMILES string of the molecule is C=CCOc1ccc(COc2ccc(-c3ccc(OCCCCC)cc3)cc2)cc1. The third kappa shape index (κ3) is 6.70. The lowest BCUT2D eigenvalue weighted by atomic mass is 10.1. The lowest BCUT2D eigenvalue weighted by Gasteiger charge is -2.09. The zero-order valence-electron chi connectivity index (χ0n) is 17.7. The summed E-state index contributed by atoms with van der Waals surface area (Å²) in [6, 6.07) is 24.4. The lowest BCUT2D eigenvalue weighted by molar-refractivity contribution is 0.305. The van der Waals surface area contributed by atoms with Gasteiger partial charge in [0.2, 0.25) is 0 Å². The van der Waals surface area contributed by atoms with Gasteiger partial charge in [-0.05, 0) is 59.5 Å². The molecule has 0 aliphatic rings. The molecule has 3 aromatic carbocycles. The first-order valence-corrected chi connectivity index (χ1v) is 10.6. The van der Waals surface area contributed by atoms with Crippen LogP contribution in [0.2, 0.25) is 0 Å². The van der Waals surface area contributed by atoms with Crippen molar-refractivity contribution in [3.05, 3.63) is 91.0 Å². The van der Waals surface area contributed by atoms with Crippen LogP contribution in [0.5, 0.6) is 17.2 Å². The van der Waals surface area contributed by atoms with Gasteiger partial charge in [-0.15, -0.1) is 0 Å². The second-order valence-electron chi connectivity index (χ2n) is 7.14. The van der Waals surface area contributed by atoms with Crippen LogP contribution < -0.4 is 14.2 Å². The molecule has 3 aromatic rings. The van der Waals surface area contributed by atoms with Gasteiger partial charge in [-0.1, -0.05) is 68.8 Å². The van der Waals surface area contributed by atoms with E-state index in [9.17, 15) is 0 Å². The van der Waals surface area contributed by atoms with Gasteiger partial charge < -0.3 is 14.2 Å². The van der Waals surface area contributed by atoms with E-state index in [0.29, 0.717) is 13.2 Å². The Labute approximate surface area is 179 Å². The number of unbranched alkanes of at least 4 members (excludes halogenated alkanes) is 2. The minimum absolute atomic E-state index is 0.511. The van der Waals surface area contributed by atoms with Crippen molar-refractivity contribution in [1.82, 2.24) is 0 Å². The lowest BCUT2D eigenvalue weighted by Crippen LogP contribution is -1.97.